The van der Waals surface area contributed by atoms with E-state index < -0.39 is 0 Å². The van der Waals surface area contributed by atoms with Gasteiger partial charge in [0.2, 0.25) is 0 Å². The Labute approximate surface area is 143 Å². The third kappa shape index (κ3) is 3.55. The summed E-state index contributed by atoms with van der Waals surface area (Å²) in [6.07, 6.45) is 0. The van der Waals surface area contributed by atoms with Crippen molar-refractivity contribution in [2.45, 2.75) is 4.90 Å². The molecule has 0 saturated heterocycles. The quantitative estimate of drug-likeness (QED) is 0.693. The number of rotatable bonds is 4. The summed E-state index contributed by atoms with van der Waals surface area (Å²) < 4.78 is 5.14. The van der Waals surface area contributed by atoms with E-state index in [-0.39, 0.29) is 5.91 Å². The molecule has 0 bridgehead atoms. The first-order valence-corrected chi connectivity index (χ1v) is 8.19. The van der Waals surface area contributed by atoms with Gasteiger partial charge in [-0.05, 0) is 36.4 Å². The zero-order valence-electron chi connectivity index (χ0n) is 12.3. The number of carbonyl (C=O) groups excluding carboxylic acids is 1. The van der Waals surface area contributed by atoms with Gasteiger partial charge in [-0.2, -0.15) is 0 Å². The van der Waals surface area contributed by atoms with Crippen LogP contribution in [0.4, 0.5) is 5.13 Å². The van der Waals surface area contributed by atoms with E-state index in [0.717, 1.165) is 17.0 Å². The van der Waals surface area contributed by atoms with Crippen LogP contribution in [0.1, 0.15) is 10.4 Å². The van der Waals surface area contributed by atoms with E-state index in [1.165, 1.54) is 11.3 Å². The molecule has 1 N–H and O–H groups in total. The highest BCUT2D eigenvalue weighted by Gasteiger charge is 2.12. The lowest BCUT2D eigenvalue weighted by atomic mass is 10.2. The number of thiazole rings is 1. The lowest BCUT2D eigenvalue weighted by Gasteiger charge is -2.04. The average Bonchev–Trinajstić information content (AvgIpc) is 3.03. The Bertz CT molecular complexity index is 829. The smallest absolute Gasteiger partial charge is 0.258 e. The number of nitrogens with one attached hydrogen (secondary N) is 1. The van der Waals surface area contributed by atoms with Crippen molar-refractivity contribution < 1.29 is 9.53 Å². The molecule has 23 heavy (non-hydrogen) atoms. The monoisotopic (exact) mass is 342 g/mol. The van der Waals surface area contributed by atoms with Gasteiger partial charge in [-0.1, -0.05) is 12.1 Å². The van der Waals surface area contributed by atoms with E-state index >= 15 is 0 Å². The highest BCUT2D eigenvalue weighted by molar-refractivity contribution is 7.80. The number of carbonyl (C=O) groups is 1. The topological polar surface area (TPSA) is 51.2 Å². The Morgan fingerprint density at radius 1 is 1.17 bits per heavy atom. The second-order valence-electron chi connectivity index (χ2n) is 4.74. The van der Waals surface area contributed by atoms with Crippen molar-refractivity contribution in [1.82, 2.24) is 4.98 Å². The number of benzene rings is 2. The van der Waals surface area contributed by atoms with E-state index in [4.69, 9.17) is 4.74 Å². The lowest BCUT2D eigenvalue weighted by molar-refractivity contribution is 0.102. The Hall–Kier alpha value is -2.31. The van der Waals surface area contributed by atoms with Gasteiger partial charge in [0.25, 0.3) is 5.91 Å². The Morgan fingerprint density at radius 2 is 1.91 bits per heavy atom. The molecule has 1 amide bonds. The maximum atomic E-state index is 12.3. The van der Waals surface area contributed by atoms with E-state index in [1.807, 2.05) is 35.7 Å². The van der Waals surface area contributed by atoms with Crippen LogP contribution in [0.2, 0.25) is 0 Å². The van der Waals surface area contributed by atoms with Crippen molar-refractivity contribution in [2.75, 3.05) is 12.4 Å². The third-order valence-corrected chi connectivity index (χ3v) is 4.41. The van der Waals surface area contributed by atoms with Crippen molar-refractivity contribution in [1.29, 1.82) is 0 Å². The van der Waals surface area contributed by atoms with E-state index in [0.29, 0.717) is 15.6 Å². The van der Waals surface area contributed by atoms with Gasteiger partial charge < -0.3 is 4.74 Å². The zero-order chi connectivity index (χ0) is 16.2. The van der Waals surface area contributed by atoms with E-state index in [2.05, 4.69) is 22.9 Å². The molecule has 0 aliphatic carbocycles. The third-order valence-electron chi connectivity index (χ3n) is 3.26. The fourth-order valence-corrected chi connectivity index (χ4v) is 3.03. The van der Waals surface area contributed by atoms with Crippen LogP contribution in [0.3, 0.4) is 0 Å². The molecule has 3 rings (SSSR count). The number of hydrogen-bond donors (Lipinski definition) is 2. The summed E-state index contributed by atoms with van der Waals surface area (Å²) in [6.45, 7) is 0. The van der Waals surface area contributed by atoms with E-state index in [1.54, 1.807) is 25.3 Å². The molecule has 1 heterocycles. The average molecular weight is 342 g/mol. The summed E-state index contributed by atoms with van der Waals surface area (Å²) in [4.78, 5) is 17.3. The summed E-state index contributed by atoms with van der Waals surface area (Å²) in [6, 6.07) is 14.8. The number of thiol groups is 1. The molecule has 0 unspecified atom stereocenters. The van der Waals surface area contributed by atoms with Crippen LogP contribution in [-0.4, -0.2) is 18.0 Å². The molecule has 0 radical (unpaired) electrons. The predicted molar refractivity (Wildman–Crippen MR) is 95.7 cm³/mol. The summed E-state index contributed by atoms with van der Waals surface area (Å²) in [7, 11) is 1.63. The number of anilines is 1. The molecule has 6 heteroatoms. The molecule has 0 aliphatic rings. The summed E-state index contributed by atoms with van der Waals surface area (Å²) in [5.74, 6) is 0.578. The predicted octanol–water partition coefficient (Wildman–Crippen LogP) is 4.36. The number of methoxy groups -OCH3 is 1. The molecular weight excluding hydrogens is 328 g/mol. The molecule has 1 aromatic heterocycles. The molecule has 116 valence electrons. The Morgan fingerprint density at radius 3 is 2.61 bits per heavy atom. The minimum Gasteiger partial charge on any atom is -0.497 e. The number of aromatic nitrogens is 1. The zero-order valence-corrected chi connectivity index (χ0v) is 14.0. The highest BCUT2D eigenvalue weighted by atomic mass is 32.1. The largest absolute Gasteiger partial charge is 0.497 e. The molecule has 2 aromatic carbocycles. The van der Waals surface area contributed by atoms with Gasteiger partial charge >= 0.3 is 0 Å². The number of amides is 1. The fraction of sp³-hybridized carbons (Fsp3) is 0.0588. The SMILES string of the molecule is COc1ccc(-c2csc(NC(=O)c3ccccc3S)n2)cc1. The number of hydrogen-bond acceptors (Lipinski definition) is 5. The maximum Gasteiger partial charge on any atom is 0.258 e. The van der Waals surface area contributed by atoms with Gasteiger partial charge in [-0.3, -0.25) is 10.1 Å². The van der Waals surface area contributed by atoms with Gasteiger partial charge in [0, 0.05) is 15.8 Å². The van der Waals surface area contributed by atoms with Crippen molar-refractivity contribution in [3.8, 4) is 17.0 Å². The van der Waals surface area contributed by atoms with Crippen LogP contribution in [0.15, 0.2) is 58.8 Å². The first-order valence-electron chi connectivity index (χ1n) is 6.86. The van der Waals surface area contributed by atoms with Crippen LogP contribution in [0, 0.1) is 0 Å². The summed E-state index contributed by atoms with van der Waals surface area (Å²) in [5.41, 5.74) is 2.31. The van der Waals surface area contributed by atoms with Gasteiger partial charge in [0.1, 0.15) is 5.75 Å². The van der Waals surface area contributed by atoms with Crippen molar-refractivity contribution >= 4 is 35.0 Å². The maximum absolute atomic E-state index is 12.3. The fourth-order valence-electron chi connectivity index (χ4n) is 2.06. The highest BCUT2D eigenvalue weighted by Crippen LogP contribution is 2.27. The van der Waals surface area contributed by atoms with Gasteiger partial charge in [0.15, 0.2) is 5.13 Å². The Kier molecular flexibility index (Phi) is 4.64. The van der Waals surface area contributed by atoms with Crippen LogP contribution >= 0.6 is 24.0 Å². The lowest BCUT2D eigenvalue weighted by Crippen LogP contribution is -2.12. The van der Waals surface area contributed by atoms with Crippen molar-refractivity contribution in [3.63, 3.8) is 0 Å². The van der Waals surface area contributed by atoms with Crippen LogP contribution in [0.5, 0.6) is 5.75 Å². The van der Waals surface area contributed by atoms with Gasteiger partial charge in [0.05, 0.1) is 18.4 Å². The molecule has 0 atom stereocenters. The molecule has 0 fully saturated rings. The molecule has 0 spiro atoms. The normalized spacial score (nSPS) is 10.3. The first kappa shape index (κ1) is 15.6. The van der Waals surface area contributed by atoms with Gasteiger partial charge in [-0.15, -0.1) is 24.0 Å². The minimum atomic E-state index is -0.216. The molecule has 3 aromatic rings. The second kappa shape index (κ2) is 6.85. The first-order chi connectivity index (χ1) is 11.2. The van der Waals surface area contributed by atoms with Crippen molar-refractivity contribution in [3.05, 3.63) is 59.5 Å². The standard InChI is InChI=1S/C17H14N2O2S2/c1-21-12-8-6-11(7-9-12)14-10-23-17(18-14)19-16(20)13-4-2-3-5-15(13)22/h2-10,22H,1H3,(H,18,19,20). The van der Waals surface area contributed by atoms with Crippen LogP contribution in [0.25, 0.3) is 11.3 Å². The second-order valence-corrected chi connectivity index (χ2v) is 6.08. The van der Waals surface area contributed by atoms with Crippen LogP contribution in [-0.2, 0) is 0 Å². The number of nitrogens with zero attached hydrogens (tertiary/aromatic N) is 1. The van der Waals surface area contributed by atoms with E-state index in [9.17, 15) is 4.79 Å². The molecule has 4 nitrogen and oxygen atoms in total. The number of ether oxygens (including phenoxy) is 1. The minimum absolute atomic E-state index is 0.216. The Balaban J connectivity index is 1.76. The summed E-state index contributed by atoms with van der Waals surface area (Å²) in [5, 5.41) is 5.27. The molecule has 0 aliphatic heterocycles. The molecular formula is C17H14N2O2S2. The molecule has 0 saturated carbocycles. The van der Waals surface area contributed by atoms with Crippen LogP contribution < -0.4 is 10.1 Å². The summed E-state index contributed by atoms with van der Waals surface area (Å²) >= 11 is 5.68. The van der Waals surface area contributed by atoms with Gasteiger partial charge in [-0.25, -0.2) is 4.98 Å². The van der Waals surface area contributed by atoms with Crippen molar-refractivity contribution in [2.24, 2.45) is 0 Å².